The molecule has 1 saturated carbocycles. The highest BCUT2D eigenvalue weighted by Crippen LogP contribution is 2.36. The molecule has 0 aliphatic heterocycles. The summed E-state index contributed by atoms with van der Waals surface area (Å²) in [6.45, 7) is 5.33. The van der Waals surface area contributed by atoms with E-state index in [1.54, 1.807) is 6.07 Å². The SMILES string of the molecule is CCNC(Cc1ccc(Cl)cc1F)C1CCC(CC)C1. The van der Waals surface area contributed by atoms with Gasteiger partial charge in [0.2, 0.25) is 0 Å². The van der Waals surface area contributed by atoms with Gasteiger partial charge in [-0.05, 0) is 55.3 Å². The average molecular weight is 298 g/mol. The van der Waals surface area contributed by atoms with Crippen LogP contribution in [0.25, 0.3) is 0 Å². The van der Waals surface area contributed by atoms with Crippen LogP contribution in [0.1, 0.15) is 45.1 Å². The molecule has 3 atom stereocenters. The fourth-order valence-corrected chi connectivity index (χ4v) is 3.60. The molecule has 1 fully saturated rings. The van der Waals surface area contributed by atoms with Crippen LogP contribution in [0, 0.1) is 17.7 Å². The minimum absolute atomic E-state index is 0.176. The summed E-state index contributed by atoms with van der Waals surface area (Å²) in [6, 6.07) is 5.41. The molecule has 0 amide bonds. The van der Waals surface area contributed by atoms with E-state index in [1.807, 2.05) is 6.07 Å². The van der Waals surface area contributed by atoms with Gasteiger partial charge >= 0.3 is 0 Å². The lowest BCUT2D eigenvalue weighted by Gasteiger charge is -2.25. The summed E-state index contributed by atoms with van der Waals surface area (Å²) in [5.41, 5.74) is 0.778. The Labute approximate surface area is 126 Å². The fraction of sp³-hybridized carbons (Fsp3) is 0.647. The molecule has 0 heterocycles. The largest absolute Gasteiger partial charge is 0.314 e. The lowest BCUT2D eigenvalue weighted by Crippen LogP contribution is -2.37. The molecule has 2 rings (SSSR count). The lowest BCUT2D eigenvalue weighted by atomic mass is 9.90. The summed E-state index contributed by atoms with van der Waals surface area (Å²) in [4.78, 5) is 0. The maximum atomic E-state index is 14.0. The Morgan fingerprint density at radius 1 is 1.35 bits per heavy atom. The van der Waals surface area contributed by atoms with E-state index in [2.05, 4.69) is 19.2 Å². The van der Waals surface area contributed by atoms with Gasteiger partial charge in [0.15, 0.2) is 0 Å². The highest BCUT2D eigenvalue weighted by Gasteiger charge is 2.30. The van der Waals surface area contributed by atoms with Gasteiger partial charge in [0.25, 0.3) is 0 Å². The molecule has 0 saturated heterocycles. The van der Waals surface area contributed by atoms with Gasteiger partial charge in [-0.2, -0.15) is 0 Å². The van der Waals surface area contributed by atoms with Crippen molar-refractivity contribution < 1.29 is 4.39 Å². The maximum absolute atomic E-state index is 14.0. The van der Waals surface area contributed by atoms with E-state index >= 15 is 0 Å². The van der Waals surface area contributed by atoms with E-state index < -0.39 is 0 Å². The number of rotatable bonds is 6. The first-order valence-corrected chi connectivity index (χ1v) is 8.19. The van der Waals surface area contributed by atoms with E-state index in [9.17, 15) is 4.39 Å². The molecule has 3 unspecified atom stereocenters. The van der Waals surface area contributed by atoms with Gasteiger partial charge in [-0.15, -0.1) is 0 Å². The third kappa shape index (κ3) is 3.95. The lowest BCUT2D eigenvalue weighted by molar-refractivity contribution is 0.346. The molecule has 112 valence electrons. The molecule has 1 aliphatic rings. The van der Waals surface area contributed by atoms with Crippen molar-refractivity contribution in [1.29, 1.82) is 0 Å². The quantitative estimate of drug-likeness (QED) is 0.793. The molecule has 1 aromatic carbocycles. The summed E-state index contributed by atoms with van der Waals surface area (Å²) in [5, 5.41) is 4.03. The smallest absolute Gasteiger partial charge is 0.127 e. The number of halogens is 2. The zero-order valence-corrected chi connectivity index (χ0v) is 13.2. The fourth-order valence-electron chi connectivity index (χ4n) is 3.44. The van der Waals surface area contributed by atoms with Crippen LogP contribution in [0.15, 0.2) is 18.2 Å². The van der Waals surface area contributed by atoms with E-state index in [-0.39, 0.29) is 5.82 Å². The van der Waals surface area contributed by atoms with Crippen molar-refractivity contribution in [3.63, 3.8) is 0 Å². The molecule has 0 bridgehead atoms. The van der Waals surface area contributed by atoms with Crippen LogP contribution in [0.4, 0.5) is 4.39 Å². The Balaban J connectivity index is 2.05. The Morgan fingerprint density at radius 3 is 2.75 bits per heavy atom. The van der Waals surface area contributed by atoms with E-state index in [0.29, 0.717) is 17.0 Å². The van der Waals surface area contributed by atoms with Crippen LogP contribution in [0.3, 0.4) is 0 Å². The first-order chi connectivity index (χ1) is 9.63. The normalized spacial score (nSPS) is 24.0. The standard InChI is InChI=1S/C17H25ClFN/c1-3-12-5-6-14(9-12)17(20-4-2)10-13-7-8-15(18)11-16(13)19/h7-8,11-12,14,17,20H,3-6,9-10H2,1-2H3. The first-order valence-electron chi connectivity index (χ1n) is 7.81. The molecule has 20 heavy (non-hydrogen) atoms. The Hall–Kier alpha value is -0.600. The van der Waals surface area contributed by atoms with Gasteiger partial charge in [-0.3, -0.25) is 0 Å². The molecule has 1 nitrogen and oxygen atoms in total. The predicted octanol–water partition coefficient (Wildman–Crippen LogP) is 4.83. The van der Waals surface area contributed by atoms with Crippen LogP contribution in [0.2, 0.25) is 5.02 Å². The summed E-state index contributed by atoms with van der Waals surface area (Å²) in [6.07, 6.45) is 5.91. The zero-order valence-electron chi connectivity index (χ0n) is 12.5. The highest BCUT2D eigenvalue weighted by atomic mass is 35.5. The summed E-state index contributed by atoms with van der Waals surface area (Å²) < 4.78 is 14.0. The van der Waals surface area contributed by atoms with Crippen molar-refractivity contribution in [2.24, 2.45) is 11.8 Å². The zero-order chi connectivity index (χ0) is 14.5. The van der Waals surface area contributed by atoms with Crippen LogP contribution < -0.4 is 5.32 Å². The van der Waals surface area contributed by atoms with Gasteiger partial charge < -0.3 is 5.32 Å². The van der Waals surface area contributed by atoms with Gasteiger partial charge in [-0.25, -0.2) is 4.39 Å². The van der Waals surface area contributed by atoms with E-state index in [0.717, 1.165) is 24.4 Å². The van der Waals surface area contributed by atoms with E-state index in [1.165, 1.54) is 31.7 Å². The minimum atomic E-state index is -0.176. The van der Waals surface area contributed by atoms with Gasteiger partial charge in [0.1, 0.15) is 5.82 Å². The molecule has 0 spiro atoms. The first kappa shape index (κ1) is 15.8. The number of likely N-dealkylation sites (N-methyl/N-ethyl adjacent to an activating group) is 1. The summed E-state index contributed by atoms with van der Waals surface area (Å²) in [5.74, 6) is 1.36. The molecule has 0 aromatic heterocycles. The second-order valence-electron chi connectivity index (χ2n) is 5.95. The number of benzene rings is 1. The molecule has 0 radical (unpaired) electrons. The number of nitrogens with one attached hydrogen (secondary N) is 1. The summed E-state index contributed by atoms with van der Waals surface area (Å²) >= 11 is 5.82. The molecular weight excluding hydrogens is 273 g/mol. The minimum Gasteiger partial charge on any atom is -0.314 e. The molecule has 1 aliphatic carbocycles. The van der Waals surface area contributed by atoms with Crippen molar-refractivity contribution >= 4 is 11.6 Å². The van der Waals surface area contributed by atoms with Crippen molar-refractivity contribution in [2.45, 2.75) is 52.0 Å². The monoisotopic (exact) mass is 297 g/mol. The van der Waals surface area contributed by atoms with Crippen LogP contribution in [0.5, 0.6) is 0 Å². The third-order valence-corrected chi connectivity index (χ3v) is 4.88. The van der Waals surface area contributed by atoms with Gasteiger partial charge in [-0.1, -0.05) is 44.4 Å². The Kier molecular flexibility index (Phi) is 5.86. The van der Waals surface area contributed by atoms with Gasteiger partial charge in [0, 0.05) is 11.1 Å². The number of hydrogen-bond acceptors (Lipinski definition) is 1. The third-order valence-electron chi connectivity index (χ3n) is 4.65. The molecule has 1 N–H and O–H groups in total. The molecule has 1 aromatic rings. The molecule has 3 heteroatoms. The van der Waals surface area contributed by atoms with Crippen LogP contribution in [-0.2, 0) is 6.42 Å². The van der Waals surface area contributed by atoms with E-state index in [4.69, 9.17) is 11.6 Å². The van der Waals surface area contributed by atoms with Crippen molar-refractivity contribution in [1.82, 2.24) is 5.32 Å². The van der Waals surface area contributed by atoms with Crippen molar-refractivity contribution in [3.05, 3.63) is 34.6 Å². The van der Waals surface area contributed by atoms with Crippen LogP contribution >= 0.6 is 11.6 Å². The van der Waals surface area contributed by atoms with Crippen LogP contribution in [-0.4, -0.2) is 12.6 Å². The predicted molar refractivity (Wildman–Crippen MR) is 83.7 cm³/mol. The van der Waals surface area contributed by atoms with Gasteiger partial charge in [0.05, 0.1) is 0 Å². The summed E-state index contributed by atoms with van der Waals surface area (Å²) in [7, 11) is 0. The van der Waals surface area contributed by atoms with Crippen molar-refractivity contribution in [2.75, 3.05) is 6.54 Å². The molecular formula is C17H25ClFN. The second-order valence-corrected chi connectivity index (χ2v) is 6.39. The Bertz CT molecular complexity index is 435. The van der Waals surface area contributed by atoms with Crippen molar-refractivity contribution in [3.8, 4) is 0 Å². The Morgan fingerprint density at radius 2 is 2.15 bits per heavy atom. The number of hydrogen-bond donors (Lipinski definition) is 1. The second kappa shape index (κ2) is 7.42. The maximum Gasteiger partial charge on any atom is 0.127 e. The average Bonchev–Trinajstić information content (AvgIpc) is 2.90. The highest BCUT2D eigenvalue weighted by molar-refractivity contribution is 6.30. The topological polar surface area (TPSA) is 12.0 Å².